The van der Waals surface area contributed by atoms with Crippen LogP contribution in [0.3, 0.4) is 0 Å². The van der Waals surface area contributed by atoms with E-state index in [1.807, 2.05) is 12.1 Å². The zero-order valence-corrected chi connectivity index (χ0v) is 6.39. The van der Waals surface area contributed by atoms with Gasteiger partial charge in [-0.1, -0.05) is 23.7 Å². The lowest BCUT2D eigenvalue weighted by molar-refractivity contribution is 0.462. The highest BCUT2D eigenvalue weighted by Gasteiger charge is 2.03. The van der Waals surface area contributed by atoms with Gasteiger partial charge in [-0.05, 0) is 6.07 Å². The second-order valence-corrected chi connectivity index (χ2v) is 2.75. The predicted molar refractivity (Wildman–Crippen MR) is 45.0 cm³/mol. The number of fused-ring (bicyclic) bond motifs is 1. The maximum Gasteiger partial charge on any atom is 0.197 e. The minimum atomic E-state index is 0.130. The van der Waals surface area contributed by atoms with Crippen LogP contribution >= 0.6 is 11.6 Å². The van der Waals surface area contributed by atoms with Crippen molar-refractivity contribution in [1.29, 1.82) is 0 Å². The maximum atomic E-state index is 9.25. The summed E-state index contributed by atoms with van der Waals surface area (Å²) in [5.41, 5.74) is 0. The van der Waals surface area contributed by atoms with Crippen molar-refractivity contribution < 1.29 is 5.11 Å². The lowest BCUT2D eigenvalue weighted by atomic mass is 10.2. The number of nitrogens with one attached hydrogen (secondary N) is 1. The van der Waals surface area contributed by atoms with Gasteiger partial charge >= 0.3 is 0 Å². The standard InChI is InChI=1S/C8H6ClNO/c9-6-3-1-2-5-4-10-8(11)7(5)6/h1-4,10-11H. The van der Waals surface area contributed by atoms with E-state index in [0.717, 1.165) is 5.39 Å². The summed E-state index contributed by atoms with van der Waals surface area (Å²) >= 11 is 5.82. The SMILES string of the molecule is Oc1[nH]cc2cccc(Cl)c12. The van der Waals surface area contributed by atoms with E-state index in [4.69, 9.17) is 11.6 Å². The van der Waals surface area contributed by atoms with Gasteiger partial charge in [0.25, 0.3) is 0 Å². The van der Waals surface area contributed by atoms with Gasteiger partial charge in [-0.2, -0.15) is 0 Å². The molecule has 0 bridgehead atoms. The molecule has 0 spiro atoms. The molecule has 2 nitrogen and oxygen atoms in total. The van der Waals surface area contributed by atoms with Crippen LogP contribution in [0.1, 0.15) is 0 Å². The smallest absolute Gasteiger partial charge is 0.197 e. The van der Waals surface area contributed by atoms with Crippen LogP contribution in [0.2, 0.25) is 5.02 Å². The first-order valence-corrected chi connectivity index (χ1v) is 3.61. The van der Waals surface area contributed by atoms with Gasteiger partial charge in [0, 0.05) is 11.6 Å². The second kappa shape index (κ2) is 2.17. The Balaban J connectivity index is 2.96. The number of halogens is 1. The molecule has 0 saturated carbocycles. The summed E-state index contributed by atoms with van der Waals surface area (Å²) in [7, 11) is 0. The van der Waals surface area contributed by atoms with Crippen molar-refractivity contribution in [2.45, 2.75) is 0 Å². The van der Waals surface area contributed by atoms with Crippen LogP contribution in [0.15, 0.2) is 24.4 Å². The summed E-state index contributed by atoms with van der Waals surface area (Å²) in [6, 6.07) is 5.48. The number of aromatic nitrogens is 1. The predicted octanol–water partition coefficient (Wildman–Crippen LogP) is 2.53. The van der Waals surface area contributed by atoms with Crippen molar-refractivity contribution in [2.24, 2.45) is 0 Å². The van der Waals surface area contributed by atoms with Crippen LogP contribution in [0, 0.1) is 0 Å². The third-order valence-corrected chi connectivity index (χ3v) is 1.96. The fraction of sp³-hybridized carbons (Fsp3) is 0. The average molecular weight is 168 g/mol. The molecule has 0 amide bonds. The molecule has 0 aliphatic heterocycles. The molecule has 2 N–H and O–H groups in total. The molecule has 56 valence electrons. The molecule has 2 rings (SSSR count). The molecule has 0 fully saturated rings. The molecule has 0 atom stereocenters. The molecule has 0 unspecified atom stereocenters. The third-order valence-electron chi connectivity index (χ3n) is 1.65. The quantitative estimate of drug-likeness (QED) is 0.622. The number of aromatic hydroxyl groups is 1. The summed E-state index contributed by atoms with van der Waals surface area (Å²) in [4.78, 5) is 2.69. The van der Waals surface area contributed by atoms with E-state index in [2.05, 4.69) is 4.98 Å². The highest BCUT2D eigenvalue weighted by molar-refractivity contribution is 6.36. The highest BCUT2D eigenvalue weighted by atomic mass is 35.5. The zero-order chi connectivity index (χ0) is 7.84. The van der Waals surface area contributed by atoms with Gasteiger partial charge in [0.2, 0.25) is 0 Å². The lowest BCUT2D eigenvalue weighted by Gasteiger charge is -1.92. The van der Waals surface area contributed by atoms with Crippen LogP contribution in [0.25, 0.3) is 10.8 Å². The summed E-state index contributed by atoms with van der Waals surface area (Å²) in [6.07, 6.45) is 1.72. The van der Waals surface area contributed by atoms with Crippen molar-refractivity contribution in [1.82, 2.24) is 4.98 Å². The van der Waals surface area contributed by atoms with Crippen molar-refractivity contribution in [2.75, 3.05) is 0 Å². The molecule has 0 aliphatic carbocycles. The van der Waals surface area contributed by atoms with Gasteiger partial charge in [0.15, 0.2) is 5.88 Å². The van der Waals surface area contributed by atoms with E-state index in [-0.39, 0.29) is 5.88 Å². The Morgan fingerprint density at radius 1 is 1.36 bits per heavy atom. The molecule has 0 aliphatic rings. The summed E-state index contributed by atoms with van der Waals surface area (Å²) < 4.78 is 0. The van der Waals surface area contributed by atoms with Crippen LogP contribution in [-0.2, 0) is 0 Å². The van der Waals surface area contributed by atoms with Crippen molar-refractivity contribution in [3.63, 3.8) is 0 Å². The molecule has 1 heterocycles. The fourth-order valence-electron chi connectivity index (χ4n) is 1.13. The Hall–Kier alpha value is -1.15. The minimum absolute atomic E-state index is 0.130. The van der Waals surface area contributed by atoms with Gasteiger partial charge in [0.05, 0.1) is 10.4 Å². The first-order chi connectivity index (χ1) is 5.29. The zero-order valence-electron chi connectivity index (χ0n) is 5.63. The van der Waals surface area contributed by atoms with Crippen molar-refractivity contribution in [3.8, 4) is 5.88 Å². The third kappa shape index (κ3) is 0.870. The topological polar surface area (TPSA) is 36.0 Å². The Labute approximate surface area is 68.4 Å². The second-order valence-electron chi connectivity index (χ2n) is 2.34. The fourth-order valence-corrected chi connectivity index (χ4v) is 1.40. The largest absolute Gasteiger partial charge is 0.494 e. The van der Waals surface area contributed by atoms with Gasteiger partial charge in [0.1, 0.15) is 0 Å². The average Bonchev–Trinajstić information content (AvgIpc) is 2.34. The summed E-state index contributed by atoms with van der Waals surface area (Å²) in [5, 5.41) is 11.4. The molecule has 3 heteroatoms. The molecular formula is C8H6ClNO. The van der Waals surface area contributed by atoms with Gasteiger partial charge in [-0.15, -0.1) is 0 Å². The van der Waals surface area contributed by atoms with E-state index in [9.17, 15) is 5.11 Å². The van der Waals surface area contributed by atoms with Crippen LogP contribution in [-0.4, -0.2) is 10.1 Å². The summed E-state index contributed by atoms with van der Waals surface area (Å²) in [5.74, 6) is 0.130. The Morgan fingerprint density at radius 2 is 2.18 bits per heavy atom. The first kappa shape index (κ1) is 6.55. The van der Waals surface area contributed by atoms with Crippen molar-refractivity contribution >= 4 is 22.4 Å². The van der Waals surface area contributed by atoms with E-state index >= 15 is 0 Å². The number of rotatable bonds is 0. The molecule has 1 aromatic carbocycles. The van der Waals surface area contributed by atoms with E-state index in [1.165, 1.54) is 0 Å². The normalized spacial score (nSPS) is 10.6. The number of aromatic amines is 1. The van der Waals surface area contributed by atoms with E-state index in [0.29, 0.717) is 10.4 Å². The molecule has 1 aromatic heterocycles. The summed E-state index contributed by atoms with van der Waals surface area (Å²) in [6.45, 7) is 0. The van der Waals surface area contributed by atoms with Crippen LogP contribution < -0.4 is 0 Å². The monoisotopic (exact) mass is 167 g/mol. The molecule has 0 radical (unpaired) electrons. The minimum Gasteiger partial charge on any atom is -0.494 e. The van der Waals surface area contributed by atoms with E-state index < -0.39 is 0 Å². The number of benzene rings is 1. The highest BCUT2D eigenvalue weighted by Crippen LogP contribution is 2.30. The molecular weight excluding hydrogens is 162 g/mol. The van der Waals surface area contributed by atoms with Gasteiger partial charge < -0.3 is 10.1 Å². The Kier molecular flexibility index (Phi) is 1.29. The van der Waals surface area contributed by atoms with Crippen molar-refractivity contribution in [3.05, 3.63) is 29.4 Å². The van der Waals surface area contributed by atoms with Gasteiger partial charge in [-0.25, -0.2) is 0 Å². The number of hydrogen-bond acceptors (Lipinski definition) is 1. The molecule has 11 heavy (non-hydrogen) atoms. The van der Waals surface area contributed by atoms with Gasteiger partial charge in [-0.3, -0.25) is 0 Å². The maximum absolute atomic E-state index is 9.25. The molecule has 2 aromatic rings. The Morgan fingerprint density at radius 3 is 2.91 bits per heavy atom. The molecule has 0 saturated heterocycles. The Bertz CT molecular complexity index is 394. The van der Waals surface area contributed by atoms with Crippen LogP contribution in [0.4, 0.5) is 0 Å². The number of hydrogen-bond donors (Lipinski definition) is 2. The first-order valence-electron chi connectivity index (χ1n) is 3.23. The lowest BCUT2D eigenvalue weighted by Crippen LogP contribution is -1.66. The number of H-pyrrole nitrogens is 1. The van der Waals surface area contributed by atoms with Crippen LogP contribution in [0.5, 0.6) is 5.88 Å². The van der Waals surface area contributed by atoms with E-state index in [1.54, 1.807) is 12.3 Å².